The maximum Gasteiger partial charge on any atom is 0.340 e. The Balaban J connectivity index is 1.55. The summed E-state index contributed by atoms with van der Waals surface area (Å²) in [4.78, 5) is 20.0. The number of carbonyl (C=O) groups excluding carboxylic acids is 1. The fraction of sp³-hybridized carbons (Fsp3) is 0.125. The number of nitrogens with one attached hydrogen (secondary N) is 2. The van der Waals surface area contributed by atoms with E-state index >= 15 is 0 Å². The number of hydrogen-bond donors (Lipinski definition) is 2. The Morgan fingerprint density at radius 3 is 2.76 bits per heavy atom. The molecule has 25 heavy (non-hydrogen) atoms. The van der Waals surface area contributed by atoms with Gasteiger partial charge in [-0.25, -0.2) is 9.82 Å². The fourth-order valence-corrected chi connectivity index (χ4v) is 1.89. The Morgan fingerprint density at radius 1 is 1.24 bits per heavy atom. The second kappa shape index (κ2) is 7.39. The topological polar surface area (TPSA) is 102 Å². The molecule has 0 fully saturated rings. The SMILES string of the molecule is CC(Oc1ccccc1F)C(=O)NNc1nc(-c2ccncc2)no1. The molecule has 0 aliphatic heterocycles. The standard InChI is InChI=1S/C16H14FN5O3/c1-10(24-13-5-3-2-4-12(13)17)15(23)20-21-16-19-14(22-25-16)11-6-8-18-9-7-11/h2-10H,1H3,(H,20,23)(H,19,21,22). The molecule has 3 rings (SSSR count). The number of hydrogen-bond acceptors (Lipinski definition) is 7. The first kappa shape index (κ1) is 16.4. The number of nitrogens with zero attached hydrogens (tertiary/aromatic N) is 3. The van der Waals surface area contributed by atoms with Crippen molar-refractivity contribution in [3.8, 4) is 17.1 Å². The molecule has 0 radical (unpaired) electrons. The number of hydrazine groups is 1. The average Bonchev–Trinajstić information content (AvgIpc) is 3.11. The van der Waals surface area contributed by atoms with Crippen LogP contribution in [0.4, 0.5) is 10.4 Å². The average molecular weight is 343 g/mol. The Labute approximate surface area is 142 Å². The maximum atomic E-state index is 13.5. The van der Waals surface area contributed by atoms with Crippen LogP contribution in [0.25, 0.3) is 11.4 Å². The summed E-state index contributed by atoms with van der Waals surface area (Å²) in [5.41, 5.74) is 5.56. The van der Waals surface area contributed by atoms with Crippen LogP contribution in [0.5, 0.6) is 5.75 Å². The number of pyridine rings is 1. The molecule has 2 N–H and O–H groups in total. The molecule has 0 aliphatic rings. The van der Waals surface area contributed by atoms with Crippen LogP contribution < -0.4 is 15.6 Å². The summed E-state index contributed by atoms with van der Waals surface area (Å²) in [5.74, 6) is -0.751. The van der Waals surface area contributed by atoms with Crippen LogP contribution in [-0.4, -0.2) is 27.1 Å². The van der Waals surface area contributed by atoms with Crippen LogP contribution >= 0.6 is 0 Å². The zero-order chi connectivity index (χ0) is 17.6. The number of ether oxygens (including phenoxy) is 1. The lowest BCUT2D eigenvalue weighted by Gasteiger charge is -2.14. The van der Waals surface area contributed by atoms with Gasteiger partial charge in [0.2, 0.25) is 5.82 Å². The van der Waals surface area contributed by atoms with Gasteiger partial charge in [-0.3, -0.25) is 15.2 Å². The van der Waals surface area contributed by atoms with E-state index in [1.807, 2.05) is 0 Å². The van der Waals surface area contributed by atoms with Crippen molar-refractivity contribution in [1.82, 2.24) is 20.6 Å². The summed E-state index contributed by atoms with van der Waals surface area (Å²) < 4.78 is 23.8. The van der Waals surface area contributed by atoms with E-state index < -0.39 is 17.8 Å². The highest BCUT2D eigenvalue weighted by Crippen LogP contribution is 2.17. The van der Waals surface area contributed by atoms with Gasteiger partial charge in [0.05, 0.1) is 0 Å². The Hall–Kier alpha value is -3.49. The van der Waals surface area contributed by atoms with Crippen LogP contribution in [0, 0.1) is 5.82 Å². The predicted octanol–water partition coefficient (Wildman–Crippen LogP) is 2.18. The first-order valence-corrected chi connectivity index (χ1v) is 7.34. The Morgan fingerprint density at radius 2 is 2.00 bits per heavy atom. The van der Waals surface area contributed by atoms with Crippen LogP contribution in [0.15, 0.2) is 53.3 Å². The molecule has 0 saturated heterocycles. The Bertz CT molecular complexity index is 856. The predicted molar refractivity (Wildman–Crippen MR) is 85.8 cm³/mol. The third-order valence-corrected chi connectivity index (χ3v) is 3.17. The van der Waals surface area contributed by atoms with E-state index in [-0.39, 0.29) is 11.8 Å². The van der Waals surface area contributed by atoms with E-state index in [0.717, 1.165) is 5.56 Å². The number of halogens is 1. The fourth-order valence-electron chi connectivity index (χ4n) is 1.89. The highest BCUT2D eigenvalue weighted by Gasteiger charge is 2.17. The van der Waals surface area contributed by atoms with E-state index in [4.69, 9.17) is 9.26 Å². The van der Waals surface area contributed by atoms with Crippen molar-refractivity contribution in [3.05, 3.63) is 54.6 Å². The van der Waals surface area contributed by atoms with E-state index in [0.29, 0.717) is 5.82 Å². The van der Waals surface area contributed by atoms with Gasteiger partial charge in [-0.1, -0.05) is 17.3 Å². The summed E-state index contributed by atoms with van der Waals surface area (Å²) in [6, 6.07) is 9.26. The molecule has 0 aliphatic carbocycles. The number of benzene rings is 1. The quantitative estimate of drug-likeness (QED) is 0.661. The lowest BCUT2D eigenvalue weighted by molar-refractivity contribution is -0.126. The molecule has 0 spiro atoms. The number of aromatic nitrogens is 3. The molecule has 1 amide bonds. The minimum absolute atomic E-state index is 0.00162. The number of amides is 1. The molecule has 2 heterocycles. The third-order valence-electron chi connectivity index (χ3n) is 3.17. The first-order valence-electron chi connectivity index (χ1n) is 7.34. The van der Waals surface area contributed by atoms with Crippen molar-refractivity contribution < 1.29 is 18.4 Å². The van der Waals surface area contributed by atoms with Crippen molar-refractivity contribution >= 4 is 11.9 Å². The highest BCUT2D eigenvalue weighted by molar-refractivity contribution is 5.81. The van der Waals surface area contributed by atoms with Gasteiger partial charge in [0.15, 0.2) is 17.7 Å². The normalized spacial score (nSPS) is 11.6. The van der Waals surface area contributed by atoms with E-state index in [1.54, 1.807) is 30.6 Å². The van der Waals surface area contributed by atoms with Gasteiger partial charge < -0.3 is 9.26 Å². The van der Waals surface area contributed by atoms with Crippen molar-refractivity contribution in [2.75, 3.05) is 5.43 Å². The molecular formula is C16H14FN5O3. The van der Waals surface area contributed by atoms with Gasteiger partial charge in [-0.2, -0.15) is 4.98 Å². The van der Waals surface area contributed by atoms with Gasteiger partial charge in [0.25, 0.3) is 5.91 Å². The third kappa shape index (κ3) is 4.08. The smallest absolute Gasteiger partial charge is 0.340 e. The Kier molecular flexibility index (Phi) is 4.84. The summed E-state index contributed by atoms with van der Waals surface area (Å²) in [5, 5.41) is 3.78. The molecule has 128 valence electrons. The molecule has 0 saturated carbocycles. The lowest BCUT2D eigenvalue weighted by Crippen LogP contribution is -2.39. The lowest BCUT2D eigenvalue weighted by atomic mass is 10.3. The van der Waals surface area contributed by atoms with Crippen molar-refractivity contribution in [2.24, 2.45) is 0 Å². The van der Waals surface area contributed by atoms with Crippen LogP contribution in [-0.2, 0) is 4.79 Å². The number of para-hydroxylation sites is 1. The summed E-state index contributed by atoms with van der Waals surface area (Å²) >= 11 is 0. The zero-order valence-electron chi connectivity index (χ0n) is 13.1. The van der Waals surface area contributed by atoms with Gasteiger partial charge in [-0.15, -0.1) is 0 Å². The number of anilines is 1. The van der Waals surface area contributed by atoms with Gasteiger partial charge in [-0.05, 0) is 31.2 Å². The summed E-state index contributed by atoms with van der Waals surface area (Å²) in [6.45, 7) is 1.49. The largest absolute Gasteiger partial charge is 0.478 e. The summed E-state index contributed by atoms with van der Waals surface area (Å²) in [7, 11) is 0. The molecule has 3 aromatic rings. The zero-order valence-corrected chi connectivity index (χ0v) is 13.1. The van der Waals surface area contributed by atoms with Crippen LogP contribution in [0.2, 0.25) is 0 Å². The summed E-state index contributed by atoms with van der Waals surface area (Å²) in [6.07, 6.45) is 2.26. The molecule has 1 atom stereocenters. The molecule has 1 unspecified atom stereocenters. The molecule has 1 aromatic carbocycles. The molecule has 0 bridgehead atoms. The molecule has 9 heteroatoms. The van der Waals surface area contributed by atoms with E-state index in [1.165, 1.54) is 25.1 Å². The second-order valence-corrected chi connectivity index (χ2v) is 4.96. The van der Waals surface area contributed by atoms with Crippen molar-refractivity contribution in [1.29, 1.82) is 0 Å². The van der Waals surface area contributed by atoms with Crippen LogP contribution in [0.1, 0.15) is 6.92 Å². The number of rotatable bonds is 6. The minimum atomic E-state index is -0.938. The van der Waals surface area contributed by atoms with E-state index in [2.05, 4.69) is 26.0 Å². The first-order chi connectivity index (χ1) is 12.1. The van der Waals surface area contributed by atoms with Gasteiger partial charge >= 0.3 is 6.01 Å². The van der Waals surface area contributed by atoms with Crippen molar-refractivity contribution in [2.45, 2.75) is 13.0 Å². The molecule has 8 nitrogen and oxygen atoms in total. The second-order valence-electron chi connectivity index (χ2n) is 4.96. The highest BCUT2D eigenvalue weighted by atomic mass is 19.1. The molecular weight excluding hydrogens is 329 g/mol. The van der Waals surface area contributed by atoms with Crippen LogP contribution in [0.3, 0.4) is 0 Å². The minimum Gasteiger partial charge on any atom is -0.478 e. The van der Waals surface area contributed by atoms with Gasteiger partial charge in [0, 0.05) is 18.0 Å². The monoisotopic (exact) mass is 343 g/mol. The van der Waals surface area contributed by atoms with Crippen molar-refractivity contribution in [3.63, 3.8) is 0 Å². The number of carbonyl (C=O) groups is 1. The van der Waals surface area contributed by atoms with E-state index in [9.17, 15) is 9.18 Å². The van der Waals surface area contributed by atoms with Gasteiger partial charge in [0.1, 0.15) is 0 Å². The maximum absolute atomic E-state index is 13.5. The molecule has 2 aromatic heterocycles.